The molecule has 0 atom stereocenters. The van der Waals surface area contributed by atoms with E-state index in [4.69, 9.17) is 22.7 Å². The number of nitrogens with two attached hydrogens (primary N) is 1. The Balaban J connectivity index is 2.55. The molecule has 19 heavy (non-hydrogen) atoms. The van der Waals surface area contributed by atoms with Gasteiger partial charge in [0.15, 0.2) is 0 Å². The summed E-state index contributed by atoms with van der Waals surface area (Å²) >= 11 is 6.54. The molecule has 0 saturated carbocycles. The molecule has 2 rings (SSSR count). The fourth-order valence-corrected chi connectivity index (χ4v) is 2.86. The van der Waals surface area contributed by atoms with Crippen molar-refractivity contribution in [2.24, 2.45) is 0 Å². The van der Waals surface area contributed by atoms with Gasteiger partial charge >= 0.3 is 5.97 Å². The van der Waals surface area contributed by atoms with Crippen molar-refractivity contribution in [3.8, 4) is 11.1 Å². The predicted molar refractivity (Wildman–Crippen MR) is 81.0 cm³/mol. The van der Waals surface area contributed by atoms with E-state index in [-0.39, 0.29) is 0 Å². The number of carbonyl (C=O) groups is 1. The van der Waals surface area contributed by atoms with Gasteiger partial charge in [0, 0.05) is 5.56 Å². The average molecular weight is 291 g/mol. The molecule has 0 aliphatic rings. The van der Waals surface area contributed by atoms with Crippen molar-refractivity contribution in [3.63, 3.8) is 0 Å². The van der Waals surface area contributed by atoms with Crippen LogP contribution in [-0.2, 0) is 4.74 Å². The molecule has 0 saturated heterocycles. The molecule has 0 unspecified atom stereocenters. The summed E-state index contributed by atoms with van der Waals surface area (Å²) in [5.41, 5.74) is 8.02. The molecular formula is C14H13NO2S2. The van der Waals surface area contributed by atoms with E-state index in [0.717, 1.165) is 11.1 Å². The van der Waals surface area contributed by atoms with E-state index in [1.807, 2.05) is 30.3 Å². The van der Waals surface area contributed by atoms with Crippen LogP contribution in [0, 0.1) is 3.82 Å². The van der Waals surface area contributed by atoms with Crippen LogP contribution < -0.4 is 5.73 Å². The Hall–Kier alpha value is -1.72. The largest absolute Gasteiger partial charge is 0.462 e. The number of carbonyl (C=O) groups excluding carboxylic acids is 1. The fourth-order valence-electron chi connectivity index (χ4n) is 1.67. The van der Waals surface area contributed by atoms with Crippen molar-refractivity contribution < 1.29 is 9.53 Å². The monoisotopic (exact) mass is 291 g/mol. The summed E-state index contributed by atoms with van der Waals surface area (Å²) in [7, 11) is 0. The number of benzene rings is 1. The number of hydrogen-bond donors (Lipinski definition) is 1. The molecule has 3 nitrogen and oxygen atoms in total. The quantitative estimate of drug-likeness (QED) is 0.688. The van der Waals surface area contributed by atoms with E-state index < -0.39 is 5.97 Å². The van der Waals surface area contributed by atoms with Gasteiger partial charge in [-0.2, -0.15) is 0 Å². The molecule has 0 amide bonds. The second kappa shape index (κ2) is 5.95. The molecule has 1 aromatic carbocycles. The average Bonchev–Trinajstić information content (AvgIpc) is 2.40. The lowest BCUT2D eigenvalue weighted by atomic mass is 10.1. The lowest BCUT2D eigenvalue weighted by molar-refractivity contribution is 0.0528. The van der Waals surface area contributed by atoms with Gasteiger partial charge in [0.05, 0.1) is 16.0 Å². The third-order valence-corrected chi connectivity index (χ3v) is 3.87. The lowest BCUT2D eigenvalue weighted by Crippen LogP contribution is -2.07. The van der Waals surface area contributed by atoms with Crippen molar-refractivity contribution >= 4 is 34.5 Å². The van der Waals surface area contributed by atoms with Gasteiger partial charge < -0.3 is 10.5 Å². The first-order chi connectivity index (χ1) is 9.13. The first-order valence-corrected chi connectivity index (χ1v) is 7.02. The van der Waals surface area contributed by atoms with Crippen LogP contribution in [0.4, 0.5) is 5.00 Å². The molecule has 0 bridgehead atoms. The van der Waals surface area contributed by atoms with Crippen molar-refractivity contribution in [2.45, 2.75) is 6.92 Å². The summed E-state index contributed by atoms with van der Waals surface area (Å²) in [4.78, 5) is 11.8. The smallest absolute Gasteiger partial charge is 0.341 e. The van der Waals surface area contributed by atoms with Gasteiger partial charge in [-0.15, -0.1) is 11.3 Å². The van der Waals surface area contributed by atoms with E-state index in [9.17, 15) is 4.79 Å². The third kappa shape index (κ3) is 3.00. The maximum absolute atomic E-state index is 11.8. The first-order valence-electron chi connectivity index (χ1n) is 5.79. The number of ether oxygens (including phenoxy) is 1. The van der Waals surface area contributed by atoms with Crippen LogP contribution in [0.2, 0.25) is 0 Å². The summed E-state index contributed by atoms with van der Waals surface area (Å²) in [5.74, 6) is -0.413. The van der Waals surface area contributed by atoms with Gasteiger partial charge in [0.1, 0.15) is 5.00 Å². The summed E-state index contributed by atoms with van der Waals surface area (Å²) in [6.45, 7) is 2.08. The molecule has 1 aromatic heterocycles. The topological polar surface area (TPSA) is 52.3 Å². The highest BCUT2D eigenvalue weighted by Crippen LogP contribution is 2.29. The normalized spacial score (nSPS) is 10.2. The van der Waals surface area contributed by atoms with Crippen molar-refractivity contribution in [3.05, 3.63) is 45.8 Å². The Morgan fingerprint density at radius 2 is 2.05 bits per heavy atom. The molecule has 1 heterocycles. The number of hydrogen-bond acceptors (Lipinski definition) is 5. The number of esters is 1. The molecule has 0 spiro atoms. The summed E-state index contributed by atoms with van der Waals surface area (Å²) in [5, 5.41) is 0.392. The second-order valence-electron chi connectivity index (χ2n) is 3.81. The van der Waals surface area contributed by atoms with Crippen molar-refractivity contribution in [1.82, 2.24) is 0 Å². The van der Waals surface area contributed by atoms with E-state index in [0.29, 0.717) is 21.0 Å². The minimum atomic E-state index is -0.413. The maximum Gasteiger partial charge on any atom is 0.341 e. The molecule has 0 radical (unpaired) electrons. The predicted octanol–water partition coefficient (Wildman–Crippen LogP) is 3.90. The second-order valence-corrected chi connectivity index (χ2v) is 5.53. The Kier molecular flexibility index (Phi) is 4.29. The Morgan fingerprint density at radius 3 is 2.68 bits per heavy atom. The standard InChI is InChI=1S/C14H13NO2S2/c1-2-17-13(16)11-8-10(14(18)19-12(11)15)9-6-4-3-5-7-9/h3-8H,2,15H2,1H3. The van der Waals surface area contributed by atoms with E-state index in [1.54, 1.807) is 13.0 Å². The van der Waals surface area contributed by atoms with E-state index in [1.165, 1.54) is 11.3 Å². The zero-order valence-electron chi connectivity index (χ0n) is 10.4. The van der Waals surface area contributed by atoms with Gasteiger partial charge in [-0.05, 0) is 18.6 Å². The SMILES string of the molecule is CCOC(=O)c1cc(-c2ccccc2)c(=S)sc1N. The van der Waals surface area contributed by atoms with Gasteiger partial charge in [0.25, 0.3) is 0 Å². The first kappa shape index (κ1) is 13.7. The van der Waals surface area contributed by atoms with Crippen LogP contribution >= 0.6 is 23.6 Å². The highest BCUT2D eigenvalue weighted by Gasteiger charge is 2.14. The van der Waals surface area contributed by atoms with Gasteiger partial charge in [-0.3, -0.25) is 0 Å². The van der Waals surface area contributed by atoms with Gasteiger partial charge in [-0.25, -0.2) is 4.79 Å². The van der Waals surface area contributed by atoms with Crippen molar-refractivity contribution in [1.29, 1.82) is 0 Å². The number of anilines is 1. The van der Waals surface area contributed by atoms with Crippen LogP contribution in [0.15, 0.2) is 36.4 Å². The number of nitrogen functional groups attached to an aromatic ring is 1. The van der Waals surface area contributed by atoms with Crippen molar-refractivity contribution in [2.75, 3.05) is 12.3 Å². The highest BCUT2D eigenvalue weighted by atomic mass is 32.1. The molecule has 2 N–H and O–H groups in total. The minimum Gasteiger partial charge on any atom is -0.462 e. The third-order valence-electron chi connectivity index (χ3n) is 2.56. The van der Waals surface area contributed by atoms with Crippen LogP contribution in [0.1, 0.15) is 17.3 Å². The summed E-state index contributed by atoms with van der Waals surface area (Å²) < 4.78 is 5.66. The Morgan fingerprint density at radius 1 is 1.37 bits per heavy atom. The van der Waals surface area contributed by atoms with Gasteiger partial charge in [-0.1, -0.05) is 42.5 Å². The molecule has 2 aromatic rings. The molecule has 0 aliphatic heterocycles. The Labute approximate surface area is 120 Å². The summed E-state index contributed by atoms with van der Waals surface area (Å²) in [6, 6.07) is 11.4. The molecule has 5 heteroatoms. The zero-order chi connectivity index (χ0) is 13.8. The number of rotatable bonds is 3. The van der Waals surface area contributed by atoms with E-state index in [2.05, 4.69) is 0 Å². The molecule has 0 fully saturated rings. The molecule has 0 aliphatic carbocycles. The van der Waals surface area contributed by atoms with Crippen LogP contribution in [0.25, 0.3) is 11.1 Å². The summed E-state index contributed by atoms with van der Waals surface area (Å²) in [6.07, 6.45) is 0. The highest BCUT2D eigenvalue weighted by molar-refractivity contribution is 7.73. The van der Waals surface area contributed by atoms with Crippen LogP contribution in [0.5, 0.6) is 0 Å². The maximum atomic E-state index is 11.8. The molecule has 98 valence electrons. The molecular weight excluding hydrogens is 278 g/mol. The van der Waals surface area contributed by atoms with E-state index >= 15 is 0 Å². The van der Waals surface area contributed by atoms with Gasteiger partial charge in [0.2, 0.25) is 0 Å². The lowest BCUT2D eigenvalue weighted by Gasteiger charge is -2.08. The minimum absolute atomic E-state index is 0.319. The zero-order valence-corrected chi connectivity index (χ0v) is 12.0. The van der Waals surface area contributed by atoms with Crippen LogP contribution in [-0.4, -0.2) is 12.6 Å². The fraction of sp³-hybridized carbons (Fsp3) is 0.143. The van der Waals surface area contributed by atoms with Crippen LogP contribution in [0.3, 0.4) is 0 Å². The Bertz CT molecular complexity index is 650.